The van der Waals surface area contributed by atoms with Crippen molar-refractivity contribution in [1.82, 2.24) is 29.9 Å². The summed E-state index contributed by atoms with van der Waals surface area (Å²) < 4.78 is 7.13. The summed E-state index contributed by atoms with van der Waals surface area (Å²) in [4.78, 5) is 22.1. The molecule has 0 aromatic carbocycles. The van der Waals surface area contributed by atoms with Gasteiger partial charge in [0, 0.05) is 32.1 Å². The molecule has 3 rings (SSSR count). The van der Waals surface area contributed by atoms with E-state index in [4.69, 9.17) is 4.74 Å². The van der Waals surface area contributed by atoms with Crippen LogP contribution in [0, 0.1) is 0 Å². The lowest BCUT2D eigenvalue weighted by atomic mass is 10.3. The second kappa shape index (κ2) is 6.61. The van der Waals surface area contributed by atoms with Crippen LogP contribution in [0.3, 0.4) is 0 Å². The Morgan fingerprint density at radius 3 is 3.14 bits per heavy atom. The molecule has 0 N–H and O–H groups in total. The van der Waals surface area contributed by atoms with Crippen molar-refractivity contribution in [2.45, 2.75) is 26.0 Å². The van der Waals surface area contributed by atoms with E-state index in [2.05, 4.69) is 20.3 Å². The van der Waals surface area contributed by atoms with E-state index in [1.165, 1.54) is 12.4 Å². The van der Waals surface area contributed by atoms with E-state index in [-0.39, 0.29) is 11.9 Å². The van der Waals surface area contributed by atoms with Gasteiger partial charge in [-0.05, 0) is 13.3 Å². The predicted molar refractivity (Wildman–Crippen MR) is 76.9 cm³/mol. The van der Waals surface area contributed by atoms with Gasteiger partial charge in [-0.15, -0.1) is 5.10 Å². The van der Waals surface area contributed by atoms with Crippen LogP contribution in [-0.2, 0) is 11.3 Å². The highest BCUT2D eigenvalue weighted by atomic mass is 16.5. The lowest BCUT2D eigenvalue weighted by molar-refractivity contribution is 0.0780. The molecule has 1 fully saturated rings. The van der Waals surface area contributed by atoms with E-state index in [9.17, 15) is 4.79 Å². The average molecular weight is 302 g/mol. The van der Waals surface area contributed by atoms with Gasteiger partial charge in [-0.3, -0.25) is 9.78 Å². The zero-order valence-electron chi connectivity index (χ0n) is 12.4. The van der Waals surface area contributed by atoms with Crippen LogP contribution in [0.25, 0.3) is 0 Å². The predicted octanol–water partition coefficient (Wildman–Crippen LogP) is 0.692. The molecule has 0 aliphatic carbocycles. The Kier molecular flexibility index (Phi) is 4.38. The number of carbonyl (C=O) groups is 1. The number of nitrogens with zero attached hydrogens (tertiary/aromatic N) is 6. The molecular weight excluding hydrogens is 284 g/mol. The molecule has 0 saturated carbocycles. The van der Waals surface area contributed by atoms with Gasteiger partial charge in [0.25, 0.3) is 5.91 Å². The SMILES string of the molecule is CCOCc1cn(C2CCN(C(=O)c3cnccn3)C2)nn1. The summed E-state index contributed by atoms with van der Waals surface area (Å²) in [5, 5.41) is 8.23. The third-order valence-electron chi connectivity index (χ3n) is 3.62. The van der Waals surface area contributed by atoms with E-state index in [1.807, 2.05) is 17.8 Å². The van der Waals surface area contributed by atoms with Crippen molar-refractivity contribution in [3.63, 3.8) is 0 Å². The van der Waals surface area contributed by atoms with E-state index in [0.717, 1.165) is 12.1 Å². The van der Waals surface area contributed by atoms with Gasteiger partial charge >= 0.3 is 0 Å². The highest BCUT2D eigenvalue weighted by Crippen LogP contribution is 2.22. The Hall–Kier alpha value is -2.35. The van der Waals surface area contributed by atoms with Crippen LogP contribution in [0.5, 0.6) is 0 Å². The number of rotatable bonds is 5. The number of carbonyl (C=O) groups excluding carboxylic acids is 1. The molecule has 1 saturated heterocycles. The smallest absolute Gasteiger partial charge is 0.274 e. The minimum Gasteiger partial charge on any atom is -0.375 e. The van der Waals surface area contributed by atoms with Gasteiger partial charge in [-0.25, -0.2) is 9.67 Å². The fourth-order valence-electron chi connectivity index (χ4n) is 2.48. The molecule has 1 unspecified atom stereocenters. The maximum Gasteiger partial charge on any atom is 0.274 e. The molecule has 1 amide bonds. The number of hydrogen-bond acceptors (Lipinski definition) is 6. The Labute approximate surface area is 128 Å². The van der Waals surface area contributed by atoms with Gasteiger partial charge in [0.05, 0.1) is 25.0 Å². The summed E-state index contributed by atoms with van der Waals surface area (Å²) in [6.45, 7) is 4.34. The highest BCUT2D eigenvalue weighted by molar-refractivity contribution is 5.92. The molecule has 3 heterocycles. The number of amides is 1. The standard InChI is InChI=1S/C14H18N6O2/c1-2-22-10-11-8-20(18-17-11)12-3-6-19(9-12)14(21)13-7-15-4-5-16-13/h4-5,7-8,12H,2-3,6,9-10H2,1H3. The topological polar surface area (TPSA) is 86.0 Å². The molecule has 8 nitrogen and oxygen atoms in total. The number of hydrogen-bond donors (Lipinski definition) is 0. The van der Waals surface area contributed by atoms with Gasteiger partial charge in [0.15, 0.2) is 0 Å². The first-order valence-corrected chi connectivity index (χ1v) is 7.31. The van der Waals surface area contributed by atoms with Crippen LogP contribution < -0.4 is 0 Å². The molecule has 8 heteroatoms. The Morgan fingerprint density at radius 1 is 1.45 bits per heavy atom. The van der Waals surface area contributed by atoms with Gasteiger partial charge in [0.2, 0.25) is 0 Å². The fraction of sp³-hybridized carbons (Fsp3) is 0.500. The molecule has 0 radical (unpaired) electrons. The van der Waals surface area contributed by atoms with Gasteiger partial charge in [-0.1, -0.05) is 5.21 Å². The molecule has 1 aliphatic rings. The van der Waals surface area contributed by atoms with E-state index in [1.54, 1.807) is 11.1 Å². The van der Waals surface area contributed by atoms with Gasteiger partial charge < -0.3 is 9.64 Å². The van der Waals surface area contributed by atoms with Crippen LogP contribution in [0.2, 0.25) is 0 Å². The summed E-state index contributed by atoms with van der Waals surface area (Å²) in [7, 11) is 0. The third-order valence-corrected chi connectivity index (χ3v) is 3.62. The number of aromatic nitrogens is 5. The molecule has 2 aromatic rings. The molecule has 116 valence electrons. The van der Waals surface area contributed by atoms with Crippen molar-refractivity contribution in [1.29, 1.82) is 0 Å². The normalized spacial score (nSPS) is 17.9. The van der Waals surface area contributed by atoms with E-state index >= 15 is 0 Å². The van der Waals surface area contributed by atoms with Crippen molar-refractivity contribution < 1.29 is 9.53 Å². The van der Waals surface area contributed by atoms with Crippen molar-refractivity contribution in [2.75, 3.05) is 19.7 Å². The first-order chi connectivity index (χ1) is 10.8. The quantitative estimate of drug-likeness (QED) is 0.808. The largest absolute Gasteiger partial charge is 0.375 e. The minimum absolute atomic E-state index is 0.0924. The maximum absolute atomic E-state index is 12.3. The first kappa shape index (κ1) is 14.6. The molecule has 0 bridgehead atoms. The fourth-order valence-corrected chi connectivity index (χ4v) is 2.48. The van der Waals surface area contributed by atoms with Crippen molar-refractivity contribution >= 4 is 5.91 Å². The van der Waals surface area contributed by atoms with Crippen LogP contribution in [0.15, 0.2) is 24.8 Å². The zero-order chi connectivity index (χ0) is 15.4. The van der Waals surface area contributed by atoms with Crippen molar-refractivity contribution in [2.24, 2.45) is 0 Å². The van der Waals surface area contributed by atoms with Crippen LogP contribution in [0.4, 0.5) is 0 Å². The monoisotopic (exact) mass is 302 g/mol. The summed E-state index contributed by atoms with van der Waals surface area (Å²) in [5.41, 5.74) is 1.18. The molecule has 0 spiro atoms. The Bertz CT molecular complexity index is 629. The lowest BCUT2D eigenvalue weighted by Gasteiger charge is -2.15. The van der Waals surface area contributed by atoms with Crippen LogP contribution in [0.1, 0.15) is 35.6 Å². The Morgan fingerprint density at radius 2 is 2.36 bits per heavy atom. The van der Waals surface area contributed by atoms with E-state index in [0.29, 0.717) is 32.0 Å². The molecule has 1 atom stereocenters. The number of likely N-dealkylation sites (tertiary alicyclic amines) is 1. The summed E-state index contributed by atoms with van der Waals surface area (Å²) >= 11 is 0. The second-order valence-corrected chi connectivity index (χ2v) is 5.11. The third kappa shape index (κ3) is 3.11. The van der Waals surface area contributed by atoms with Gasteiger partial charge in [0.1, 0.15) is 11.4 Å². The van der Waals surface area contributed by atoms with Crippen LogP contribution in [-0.4, -0.2) is 55.5 Å². The molecular formula is C14H18N6O2. The number of ether oxygens (including phenoxy) is 1. The molecule has 1 aliphatic heterocycles. The maximum atomic E-state index is 12.3. The second-order valence-electron chi connectivity index (χ2n) is 5.11. The first-order valence-electron chi connectivity index (χ1n) is 7.31. The summed E-state index contributed by atoms with van der Waals surface area (Å²) in [5.74, 6) is -0.0924. The zero-order valence-corrected chi connectivity index (χ0v) is 12.4. The van der Waals surface area contributed by atoms with E-state index < -0.39 is 0 Å². The average Bonchev–Trinajstić information content (AvgIpc) is 3.22. The highest BCUT2D eigenvalue weighted by Gasteiger charge is 2.29. The summed E-state index contributed by atoms with van der Waals surface area (Å²) in [6.07, 6.45) is 7.31. The molecule has 22 heavy (non-hydrogen) atoms. The molecule has 2 aromatic heterocycles. The van der Waals surface area contributed by atoms with Crippen molar-refractivity contribution in [3.8, 4) is 0 Å². The van der Waals surface area contributed by atoms with Crippen LogP contribution >= 0.6 is 0 Å². The Balaban J connectivity index is 1.62. The minimum atomic E-state index is -0.0924. The van der Waals surface area contributed by atoms with Crippen molar-refractivity contribution in [3.05, 3.63) is 36.2 Å². The lowest BCUT2D eigenvalue weighted by Crippen LogP contribution is -2.30. The summed E-state index contributed by atoms with van der Waals surface area (Å²) in [6, 6.07) is 0.142. The van der Waals surface area contributed by atoms with Gasteiger partial charge in [-0.2, -0.15) is 0 Å².